The van der Waals surface area contributed by atoms with Crippen LogP contribution in [0.2, 0.25) is 0 Å². The summed E-state index contributed by atoms with van der Waals surface area (Å²) < 4.78 is 2.33. The van der Waals surface area contributed by atoms with Crippen molar-refractivity contribution in [3.8, 4) is 0 Å². The molecule has 8 heteroatoms. The van der Waals surface area contributed by atoms with Gasteiger partial charge < -0.3 is 14.8 Å². The molecule has 1 aromatic rings. The van der Waals surface area contributed by atoms with Crippen molar-refractivity contribution in [1.82, 2.24) is 29.9 Å². The molecule has 2 amide bonds. The number of carbonyl (C=O) groups excluding carboxylic acids is 2. The Labute approximate surface area is 166 Å². The largest absolute Gasteiger partial charge is 0.346 e. The van der Waals surface area contributed by atoms with Gasteiger partial charge in [-0.05, 0) is 45.1 Å². The Morgan fingerprint density at radius 3 is 2.64 bits per heavy atom. The molecule has 0 aromatic carbocycles. The lowest BCUT2D eigenvalue weighted by Gasteiger charge is -2.32. The molecular weight excluding hydrogens is 356 g/mol. The molecule has 3 aliphatic heterocycles. The molecule has 0 saturated carbocycles. The highest BCUT2D eigenvalue weighted by atomic mass is 16.2. The van der Waals surface area contributed by atoms with E-state index in [1.54, 1.807) is 0 Å². The first-order valence-electron chi connectivity index (χ1n) is 10.9. The van der Waals surface area contributed by atoms with Gasteiger partial charge in [0.05, 0.1) is 13.1 Å². The number of amides is 2. The van der Waals surface area contributed by atoms with Crippen molar-refractivity contribution in [3.05, 3.63) is 11.6 Å². The summed E-state index contributed by atoms with van der Waals surface area (Å²) >= 11 is 0. The molecule has 3 aliphatic rings. The standard InChI is InChI=1S/C20H32N6O2/c27-18(21-13-19(28)25-10-4-5-11-25)15-24-9-6-7-16(14-24)20-23-22-17-8-2-1-3-12-26(17)20/h16H,1-15H2,(H,21,27). The summed E-state index contributed by atoms with van der Waals surface area (Å²) in [4.78, 5) is 28.5. The van der Waals surface area contributed by atoms with Crippen molar-refractivity contribution in [2.75, 3.05) is 39.3 Å². The van der Waals surface area contributed by atoms with Crippen LogP contribution in [0.15, 0.2) is 0 Å². The summed E-state index contributed by atoms with van der Waals surface area (Å²) in [5.74, 6) is 2.54. The Morgan fingerprint density at radius 2 is 1.79 bits per heavy atom. The minimum absolute atomic E-state index is 0.0357. The molecule has 8 nitrogen and oxygen atoms in total. The van der Waals surface area contributed by atoms with Crippen LogP contribution in [0.25, 0.3) is 0 Å². The zero-order valence-corrected chi connectivity index (χ0v) is 16.7. The van der Waals surface area contributed by atoms with Gasteiger partial charge in [0.1, 0.15) is 11.6 Å². The summed E-state index contributed by atoms with van der Waals surface area (Å²) in [6.45, 7) is 4.90. The van der Waals surface area contributed by atoms with Crippen LogP contribution in [0, 0.1) is 0 Å². The summed E-state index contributed by atoms with van der Waals surface area (Å²) in [6.07, 6.45) is 8.99. The number of aromatic nitrogens is 3. The fraction of sp³-hybridized carbons (Fsp3) is 0.800. The third-order valence-electron chi connectivity index (χ3n) is 6.27. The van der Waals surface area contributed by atoms with Crippen molar-refractivity contribution >= 4 is 11.8 Å². The van der Waals surface area contributed by atoms with Gasteiger partial charge in [-0.2, -0.15) is 0 Å². The maximum atomic E-state index is 12.3. The maximum Gasteiger partial charge on any atom is 0.241 e. The van der Waals surface area contributed by atoms with E-state index in [0.717, 1.165) is 76.5 Å². The van der Waals surface area contributed by atoms with E-state index in [4.69, 9.17) is 0 Å². The van der Waals surface area contributed by atoms with Crippen LogP contribution in [0.4, 0.5) is 0 Å². The van der Waals surface area contributed by atoms with Crippen LogP contribution < -0.4 is 5.32 Å². The number of piperidine rings is 1. The normalized spacial score (nSPS) is 23.3. The molecule has 0 aliphatic carbocycles. The van der Waals surface area contributed by atoms with E-state index in [0.29, 0.717) is 12.5 Å². The SMILES string of the molecule is O=C(CN1CCCC(c2nnc3n2CCCCC3)C1)NCC(=O)N1CCCC1. The van der Waals surface area contributed by atoms with Crippen LogP contribution in [-0.4, -0.2) is 75.6 Å². The van der Waals surface area contributed by atoms with Crippen LogP contribution in [0.1, 0.15) is 62.5 Å². The first-order valence-corrected chi connectivity index (χ1v) is 10.9. The van der Waals surface area contributed by atoms with Gasteiger partial charge in [0.2, 0.25) is 11.8 Å². The maximum absolute atomic E-state index is 12.3. The molecule has 4 heterocycles. The van der Waals surface area contributed by atoms with Crippen molar-refractivity contribution < 1.29 is 9.59 Å². The summed E-state index contributed by atoms with van der Waals surface area (Å²) in [6, 6.07) is 0. The third kappa shape index (κ3) is 4.54. The van der Waals surface area contributed by atoms with Crippen molar-refractivity contribution in [2.45, 2.75) is 63.8 Å². The Morgan fingerprint density at radius 1 is 0.964 bits per heavy atom. The van der Waals surface area contributed by atoms with Crippen molar-refractivity contribution in [1.29, 1.82) is 0 Å². The highest BCUT2D eigenvalue weighted by Crippen LogP contribution is 2.27. The van der Waals surface area contributed by atoms with Crippen molar-refractivity contribution in [3.63, 3.8) is 0 Å². The first kappa shape index (κ1) is 19.4. The topological polar surface area (TPSA) is 83.4 Å². The van der Waals surface area contributed by atoms with E-state index >= 15 is 0 Å². The van der Waals surface area contributed by atoms with Gasteiger partial charge in [-0.15, -0.1) is 10.2 Å². The number of nitrogens with one attached hydrogen (secondary N) is 1. The molecule has 0 bridgehead atoms. The first-order chi connectivity index (χ1) is 13.7. The number of nitrogens with zero attached hydrogens (tertiary/aromatic N) is 5. The van der Waals surface area contributed by atoms with E-state index in [1.807, 2.05) is 4.90 Å². The van der Waals surface area contributed by atoms with Gasteiger partial charge >= 0.3 is 0 Å². The van der Waals surface area contributed by atoms with E-state index in [2.05, 4.69) is 25.0 Å². The molecule has 1 unspecified atom stereocenters. The molecule has 28 heavy (non-hydrogen) atoms. The second-order valence-corrected chi connectivity index (χ2v) is 8.38. The Kier molecular flexibility index (Phi) is 6.24. The predicted molar refractivity (Wildman–Crippen MR) is 105 cm³/mol. The Balaban J connectivity index is 1.28. The molecule has 1 atom stereocenters. The summed E-state index contributed by atoms with van der Waals surface area (Å²) in [5, 5.41) is 11.8. The number of carbonyl (C=O) groups is 2. The fourth-order valence-electron chi connectivity index (χ4n) is 4.73. The summed E-state index contributed by atoms with van der Waals surface area (Å²) in [7, 11) is 0. The smallest absolute Gasteiger partial charge is 0.241 e. The average molecular weight is 389 g/mol. The van der Waals surface area contributed by atoms with Gasteiger partial charge in [-0.25, -0.2) is 0 Å². The number of hydrogen-bond donors (Lipinski definition) is 1. The van der Waals surface area contributed by atoms with Gasteiger partial charge in [0.15, 0.2) is 0 Å². The molecule has 0 radical (unpaired) electrons. The third-order valence-corrected chi connectivity index (χ3v) is 6.27. The molecule has 2 saturated heterocycles. The molecule has 0 spiro atoms. The number of hydrogen-bond acceptors (Lipinski definition) is 5. The quantitative estimate of drug-likeness (QED) is 0.811. The van der Waals surface area contributed by atoms with Crippen LogP contribution in [0.3, 0.4) is 0 Å². The predicted octanol–water partition coefficient (Wildman–Crippen LogP) is 0.923. The fourth-order valence-corrected chi connectivity index (χ4v) is 4.73. The van der Waals surface area contributed by atoms with Crippen LogP contribution in [0.5, 0.6) is 0 Å². The number of fused-ring (bicyclic) bond motifs is 1. The van der Waals surface area contributed by atoms with E-state index in [1.165, 1.54) is 19.3 Å². The lowest BCUT2D eigenvalue weighted by molar-refractivity contribution is -0.132. The molecule has 1 N–H and O–H groups in total. The minimum Gasteiger partial charge on any atom is -0.346 e. The van der Waals surface area contributed by atoms with E-state index < -0.39 is 0 Å². The minimum atomic E-state index is -0.0618. The van der Waals surface area contributed by atoms with E-state index in [-0.39, 0.29) is 18.4 Å². The molecular formula is C20H32N6O2. The van der Waals surface area contributed by atoms with Crippen LogP contribution in [-0.2, 0) is 22.6 Å². The van der Waals surface area contributed by atoms with Gasteiger partial charge in [-0.1, -0.05) is 6.42 Å². The average Bonchev–Trinajstić information content (AvgIpc) is 3.32. The highest BCUT2D eigenvalue weighted by molar-refractivity contribution is 5.85. The van der Waals surface area contributed by atoms with Crippen LogP contribution >= 0.6 is 0 Å². The molecule has 4 rings (SSSR count). The molecule has 2 fully saturated rings. The Hall–Kier alpha value is -1.96. The zero-order chi connectivity index (χ0) is 19.3. The van der Waals surface area contributed by atoms with Gasteiger partial charge in [0.25, 0.3) is 0 Å². The Bertz CT molecular complexity index is 697. The lowest BCUT2D eigenvalue weighted by Crippen LogP contribution is -2.45. The number of aryl methyl sites for hydroxylation is 1. The summed E-state index contributed by atoms with van der Waals surface area (Å²) in [5.41, 5.74) is 0. The second kappa shape index (κ2) is 9.03. The molecule has 1 aromatic heterocycles. The zero-order valence-electron chi connectivity index (χ0n) is 16.7. The van der Waals surface area contributed by atoms with Gasteiger partial charge in [0, 0.05) is 38.5 Å². The lowest BCUT2D eigenvalue weighted by atomic mass is 9.97. The number of rotatable bonds is 5. The van der Waals surface area contributed by atoms with Crippen molar-refractivity contribution in [2.24, 2.45) is 0 Å². The van der Waals surface area contributed by atoms with E-state index in [9.17, 15) is 9.59 Å². The second-order valence-electron chi connectivity index (χ2n) is 8.38. The monoisotopic (exact) mass is 388 g/mol. The van der Waals surface area contributed by atoms with Gasteiger partial charge in [-0.3, -0.25) is 14.5 Å². The highest BCUT2D eigenvalue weighted by Gasteiger charge is 2.28. The number of likely N-dealkylation sites (tertiary alicyclic amines) is 2. The molecule has 154 valence electrons.